The van der Waals surface area contributed by atoms with Crippen molar-refractivity contribution in [2.24, 2.45) is 5.11 Å². The highest BCUT2D eigenvalue weighted by molar-refractivity contribution is 5.95. The maximum atomic E-state index is 9.67. The number of pyridine rings is 1. The smallest absolute Gasteiger partial charge is 0.199 e. The summed E-state index contributed by atoms with van der Waals surface area (Å²) in [6, 6.07) is 8.55. The minimum Gasteiger partial charge on any atom is -0.494 e. The van der Waals surface area contributed by atoms with E-state index in [2.05, 4.69) is 20.4 Å². The summed E-state index contributed by atoms with van der Waals surface area (Å²) in [7, 11) is 0. The molecule has 0 amide bonds. The summed E-state index contributed by atoms with van der Waals surface area (Å²) in [5.74, 6) is 0.152. The van der Waals surface area contributed by atoms with E-state index < -0.39 is 0 Å². The van der Waals surface area contributed by atoms with Gasteiger partial charge in [0.15, 0.2) is 17.6 Å². The summed E-state index contributed by atoms with van der Waals surface area (Å²) in [5.41, 5.74) is 8.39. The van der Waals surface area contributed by atoms with E-state index in [-0.39, 0.29) is 11.8 Å². The topological polar surface area (TPSA) is 117 Å². The minimum absolute atomic E-state index is 0.0664. The fraction of sp³-hybridized carbons (Fsp3) is 0. The van der Waals surface area contributed by atoms with Gasteiger partial charge in [0.05, 0.1) is 0 Å². The Labute approximate surface area is 113 Å². The fourth-order valence-electron chi connectivity index (χ4n) is 2.00. The Hall–Kier alpha value is -3.09. The molecule has 0 bridgehead atoms. The molecule has 7 nitrogen and oxygen atoms in total. The third kappa shape index (κ3) is 2.01. The number of anilines is 2. The van der Waals surface area contributed by atoms with Crippen LogP contribution in [0.25, 0.3) is 10.8 Å². The lowest BCUT2D eigenvalue weighted by Gasteiger charge is -2.06. The van der Waals surface area contributed by atoms with Crippen molar-refractivity contribution in [1.29, 1.82) is 5.53 Å². The third-order valence-corrected chi connectivity index (χ3v) is 2.92. The largest absolute Gasteiger partial charge is 0.494 e. The molecule has 7 heteroatoms. The summed E-state index contributed by atoms with van der Waals surface area (Å²) in [5, 5.41) is 26.7. The lowest BCUT2D eigenvalue weighted by molar-refractivity contribution is 0.429. The molecule has 3 aromatic rings. The molecular formula is C13H11N5O2. The van der Waals surface area contributed by atoms with Gasteiger partial charge in [0.25, 0.3) is 0 Å². The van der Waals surface area contributed by atoms with E-state index in [0.717, 1.165) is 11.4 Å². The van der Waals surface area contributed by atoms with Crippen LogP contribution in [-0.4, -0.2) is 20.2 Å². The third-order valence-electron chi connectivity index (χ3n) is 2.92. The summed E-state index contributed by atoms with van der Waals surface area (Å²) in [6.45, 7) is 0. The van der Waals surface area contributed by atoms with Crippen molar-refractivity contribution in [3.05, 3.63) is 36.5 Å². The second-order valence-electron chi connectivity index (χ2n) is 4.22. The van der Waals surface area contributed by atoms with Crippen molar-refractivity contribution in [3.63, 3.8) is 0 Å². The first-order chi connectivity index (χ1) is 9.67. The van der Waals surface area contributed by atoms with Crippen molar-refractivity contribution >= 4 is 28.0 Å². The molecule has 0 saturated carbocycles. The molecule has 2 heterocycles. The molecule has 0 aliphatic carbocycles. The van der Waals surface area contributed by atoms with E-state index in [0.29, 0.717) is 16.6 Å². The van der Waals surface area contributed by atoms with Crippen LogP contribution in [0.1, 0.15) is 0 Å². The molecule has 100 valence electrons. The number of rotatable bonds is 3. The van der Waals surface area contributed by atoms with Gasteiger partial charge in [0.1, 0.15) is 0 Å². The number of hydrogen-bond donors (Lipinski definition) is 5. The van der Waals surface area contributed by atoms with Crippen LogP contribution in [0.3, 0.4) is 0 Å². The van der Waals surface area contributed by atoms with Gasteiger partial charge < -0.3 is 15.5 Å². The molecule has 5 N–H and O–H groups in total. The average Bonchev–Trinajstić information content (AvgIpc) is 2.74. The van der Waals surface area contributed by atoms with Crippen molar-refractivity contribution in [3.8, 4) is 11.8 Å². The van der Waals surface area contributed by atoms with E-state index in [1.54, 1.807) is 36.5 Å². The molecule has 0 radical (unpaired) electrons. The summed E-state index contributed by atoms with van der Waals surface area (Å²) >= 11 is 0. The summed E-state index contributed by atoms with van der Waals surface area (Å²) < 4.78 is 0. The second kappa shape index (κ2) is 4.54. The van der Waals surface area contributed by atoms with E-state index >= 15 is 0 Å². The van der Waals surface area contributed by atoms with Crippen LogP contribution in [0.5, 0.6) is 11.8 Å². The van der Waals surface area contributed by atoms with Gasteiger partial charge in [-0.3, -0.25) is 4.98 Å². The van der Waals surface area contributed by atoms with Crippen molar-refractivity contribution in [2.75, 3.05) is 5.32 Å². The molecule has 0 aliphatic heterocycles. The van der Waals surface area contributed by atoms with Crippen LogP contribution in [-0.2, 0) is 0 Å². The number of nitrogens with one attached hydrogen (secondary N) is 3. The molecule has 2 aromatic heterocycles. The lowest BCUT2D eigenvalue weighted by atomic mass is 10.2. The van der Waals surface area contributed by atoms with Crippen molar-refractivity contribution in [2.45, 2.75) is 0 Å². The predicted molar refractivity (Wildman–Crippen MR) is 74.0 cm³/mol. The zero-order chi connectivity index (χ0) is 14.1. The number of aromatic nitrogens is 2. The molecule has 0 atom stereocenters. The number of aromatic amines is 1. The van der Waals surface area contributed by atoms with Gasteiger partial charge in [-0.25, -0.2) is 10.5 Å². The van der Waals surface area contributed by atoms with Crippen LogP contribution in [0.15, 0.2) is 41.6 Å². The van der Waals surface area contributed by atoms with Gasteiger partial charge in [-0.15, -0.1) is 5.11 Å². The Balaban J connectivity index is 1.98. The lowest BCUT2D eigenvalue weighted by Crippen LogP contribution is -1.90. The molecule has 3 rings (SSSR count). The number of aromatic hydroxyl groups is 2. The standard InChI is InChI=1S/C13H11N5O2/c14-18-11-6-8(3-4-15-11)16-7-1-2-9-10(5-7)13(20)17-12(9)19/h1-6,14,17,19-20H,(H,15,16). The molecule has 0 spiro atoms. The summed E-state index contributed by atoms with van der Waals surface area (Å²) in [4.78, 5) is 6.35. The number of benzene rings is 1. The maximum absolute atomic E-state index is 9.67. The van der Waals surface area contributed by atoms with E-state index in [4.69, 9.17) is 5.53 Å². The van der Waals surface area contributed by atoms with Gasteiger partial charge in [-0.2, -0.15) is 0 Å². The van der Waals surface area contributed by atoms with Gasteiger partial charge in [0, 0.05) is 34.4 Å². The molecule has 0 unspecified atom stereocenters. The number of hydrogen-bond acceptors (Lipinski definition) is 6. The highest BCUT2D eigenvalue weighted by atomic mass is 16.3. The number of fused-ring (bicyclic) bond motifs is 1. The first-order valence-electron chi connectivity index (χ1n) is 5.81. The Morgan fingerprint density at radius 1 is 1.05 bits per heavy atom. The molecule has 0 fully saturated rings. The van der Waals surface area contributed by atoms with Crippen LogP contribution in [0.2, 0.25) is 0 Å². The zero-order valence-corrected chi connectivity index (χ0v) is 10.3. The molecule has 20 heavy (non-hydrogen) atoms. The molecule has 1 aromatic carbocycles. The van der Waals surface area contributed by atoms with E-state index in [1.165, 1.54) is 0 Å². The zero-order valence-electron chi connectivity index (χ0n) is 10.3. The summed E-state index contributed by atoms with van der Waals surface area (Å²) in [6.07, 6.45) is 1.55. The Bertz CT molecular complexity index is 797. The maximum Gasteiger partial charge on any atom is 0.199 e. The fourth-order valence-corrected chi connectivity index (χ4v) is 2.00. The minimum atomic E-state index is -0.0854. The Kier molecular flexibility index (Phi) is 2.72. The molecule has 0 saturated heterocycles. The van der Waals surface area contributed by atoms with Crippen molar-refractivity contribution in [1.82, 2.24) is 9.97 Å². The van der Waals surface area contributed by atoms with Crippen LogP contribution in [0.4, 0.5) is 17.2 Å². The quantitative estimate of drug-likeness (QED) is 0.468. The average molecular weight is 269 g/mol. The monoisotopic (exact) mass is 269 g/mol. The van der Waals surface area contributed by atoms with Gasteiger partial charge in [0.2, 0.25) is 0 Å². The number of H-pyrrole nitrogens is 1. The predicted octanol–water partition coefficient (Wildman–Crippen LogP) is 3.38. The van der Waals surface area contributed by atoms with Crippen LogP contribution < -0.4 is 5.32 Å². The first-order valence-corrected chi connectivity index (χ1v) is 5.81. The Morgan fingerprint density at radius 3 is 2.60 bits per heavy atom. The van der Waals surface area contributed by atoms with Gasteiger partial charge in [-0.1, -0.05) is 0 Å². The molecular weight excluding hydrogens is 258 g/mol. The number of nitrogens with zero attached hydrogens (tertiary/aromatic N) is 2. The highest BCUT2D eigenvalue weighted by Gasteiger charge is 2.09. The SMILES string of the molecule is N=Nc1cc(Nc2ccc3c(O)[nH]c(O)c3c2)ccn1. The molecule has 0 aliphatic rings. The van der Waals surface area contributed by atoms with Gasteiger partial charge in [-0.05, 0) is 24.3 Å². The Morgan fingerprint density at radius 2 is 1.80 bits per heavy atom. The van der Waals surface area contributed by atoms with E-state index in [9.17, 15) is 10.2 Å². The van der Waals surface area contributed by atoms with Crippen molar-refractivity contribution < 1.29 is 10.2 Å². The van der Waals surface area contributed by atoms with Crippen LogP contribution >= 0.6 is 0 Å². The van der Waals surface area contributed by atoms with Gasteiger partial charge >= 0.3 is 0 Å². The van der Waals surface area contributed by atoms with Crippen LogP contribution in [0, 0.1) is 5.53 Å². The normalized spacial score (nSPS) is 10.6. The van der Waals surface area contributed by atoms with E-state index in [1.807, 2.05) is 0 Å². The second-order valence-corrected chi connectivity index (χ2v) is 4.22. The first kappa shape index (κ1) is 12.0. The highest BCUT2D eigenvalue weighted by Crippen LogP contribution is 2.34.